The molecule has 12 aliphatic rings. The van der Waals surface area contributed by atoms with Crippen molar-refractivity contribution in [1.29, 1.82) is 0 Å². The second-order valence-corrected chi connectivity index (χ2v) is 17.2. The van der Waals surface area contributed by atoms with Gasteiger partial charge in [0.2, 0.25) is 0 Å². The third kappa shape index (κ3) is 3.00. The lowest BCUT2D eigenvalue weighted by molar-refractivity contribution is -0.126. The molecule has 0 unspecified atom stereocenters. The molecule has 1 aromatic carbocycles. The number of hydrogen-bond donors (Lipinski definition) is 0. The summed E-state index contributed by atoms with van der Waals surface area (Å²) in [5.41, 5.74) is 7.47. The molecule has 12 fully saturated rings. The SMILES string of the molecule is c1cc(C23CCC(C45CCC(CC4)CC5)(CC2)CC3)ccc1C12CCC(C34CCC(CC3)CC4)(CC1)CC2. The number of hydrogen-bond acceptors (Lipinski definition) is 0. The van der Waals surface area contributed by atoms with Crippen LogP contribution >= 0.6 is 0 Å². The van der Waals surface area contributed by atoms with Crippen LogP contribution in [0.2, 0.25) is 0 Å². The van der Waals surface area contributed by atoms with Crippen molar-refractivity contribution in [3.63, 3.8) is 0 Å². The predicted octanol–water partition coefficient (Wildman–Crippen LogP) is 10.8. The Morgan fingerprint density at radius 2 is 0.553 bits per heavy atom. The molecule has 0 heterocycles. The Kier molecular flexibility index (Phi) is 4.99. The molecule has 13 rings (SSSR count). The summed E-state index contributed by atoms with van der Waals surface area (Å²) in [5.74, 6) is 2.20. The first-order valence-corrected chi connectivity index (χ1v) is 17.6. The van der Waals surface area contributed by atoms with Gasteiger partial charge in [0.1, 0.15) is 0 Å². The van der Waals surface area contributed by atoms with Crippen LogP contribution < -0.4 is 0 Å². The van der Waals surface area contributed by atoms with E-state index in [9.17, 15) is 0 Å². The average molecular weight is 511 g/mol. The molecule has 38 heavy (non-hydrogen) atoms. The molecule has 12 saturated carbocycles. The van der Waals surface area contributed by atoms with Gasteiger partial charge in [0.15, 0.2) is 0 Å². The maximum atomic E-state index is 2.66. The topological polar surface area (TPSA) is 0 Å². The molecule has 0 heteroatoms. The molecule has 1 aromatic rings. The molecule has 0 saturated heterocycles. The first-order chi connectivity index (χ1) is 18.5. The Labute approximate surface area is 233 Å². The Bertz CT molecular complexity index is 908. The number of rotatable bonds is 4. The van der Waals surface area contributed by atoms with Crippen LogP contribution in [0.5, 0.6) is 0 Å². The van der Waals surface area contributed by atoms with Crippen molar-refractivity contribution in [1.82, 2.24) is 0 Å². The van der Waals surface area contributed by atoms with E-state index < -0.39 is 0 Å². The van der Waals surface area contributed by atoms with E-state index in [1.54, 1.807) is 127 Å². The fourth-order valence-corrected chi connectivity index (χ4v) is 14.1. The Balaban J connectivity index is 0.914. The van der Waals surface area contributed by atoms with Gasteiger partial charge in [0, 0.05) is 0 Å². The minimum absolute atomic E-state index is 0.522. The van der Waals surface area contributed by atoms with Crippen molar-refractivity contribution >= 4 is 0 Å². The molecular formula is C38H54. The lowest BCUT2D eigenvalue weighted by atomic mass is 9.39. The smallest absolute Gasteiger partial charge is 0.00463 e. The van der Waals surface area contributed by atoms with Crippen LogP contribution in [0.15, 0.2) is 24.3 Å². The fourth-order valence-electron chi connectivity index (χ4n) is 14.1. The Morgan fingerprint density at radius 3 is 0.816 bits per heavy atom. The van der Waals surface area contributed by atoms with Crippen molar-refractivity contribution in [3.05, 3.63) is 35.4 Å². The molecular weight excluding hydrogens is 456 g/mol. The van der Waals surface area contributed by atoms with Gasteiger partial charge in [0.05, 0.1) is 0 Å². The second-order valence-electron chi connectivity index (χ2n) is 17.2. The van der Waals surface area contributed by atoms with Crippen LogP contribution in [-0.4, -0.2) is 0 Å². The zero-order chi connectivity index (χ0) is 25.1. The molecule has 0 nitrogen and oxygen atoms in total. The third-order valence-corrected chi connectivity index (χ3v) is 17.0. The quantitative estimate of drug-likeness (QED) is 0.378. The van der Waals surface area contributed by atoms with Gasteiger partial charge in [-0.15, -0.1) is 0 Å². The molecule has 12 aliphatic carbocycles. The zero-order valence-electron chi connectivity index (χ0n) is 24.4. The molecule has 0 aromatic heterocycles. The van der Waals surface area contributed by atoms with E-state index in [1.165, 1.54) is 38.5 Å². The first kappa shape index (κ1) is 23.9. The molecule has 0 radical (unpaired) electrons. The van der Waals surface area contributed by atoms with E-state index in [0.29, 0.717) is 10.8 Å². The Morgan fingerprint density at radius 1 is 0.316 bits per heavy atom. The van der Waals surface area contributed by atoms with Crippen molar-refractivity contribution in [2.75, 3.05) is 0 Å². The molecule has 0 N–H and O–H groups in total. The van der Waals surface area contributed by atoms with E-state index in [0.717, 1.165) is 33.5 Å². The summed E-state index contributed by atoms with van der Waals surface area (Å²) in [6.07, 6.45) is 37.2. The van der Waals surface area contributed by atoms with Crippen molar-refractivity contribution in [2.24, 2.45) is 33.5 Å². The van der Waals surface area contributed by atoms with Gasteiger partial charge >= 0.3 is 0 Å². The normalized spacial score (nSPS) is 52.9. The van der Waals surface area contributed by atoms with E-state index in [4.69, 9.17) is 0 Å². The van der Waals surface area contributed by atoms with E-state index in [1.807, 2.05) is 0 Å². The molecule has 0 amide bonds. The first-order valence-electron chi connectivity index (χ1n) is 17.6. The molecule has 0 spiro atoms. The van der Waals surface area contributed by atoms with Gasteiger partial charge < -0.3 is 0 Å². The minimum Gasteiger partial charge on any atom is -0.0582 e. The van der Waals surface area contributed by atoms with Gasteiger partial charge in [0.25, 0.3) is 0 Å². The summed E-state index contributed by atoms with van der Waals surface area (Å²) in [7, 11) is 0. The van der Waals surface area contributed by atoms with Gasteiger partial charge in [-0.1, -0.05) is 24.3 Å². The number of fused-ring (bicyclic) bond motifs is 12. The van der Waals surface area contributed by atoms with Gasteiger partial charge in [-0.05, 0) is 210 Å². The highest BCUT2D eigenvalue weighted by molar-refractivity contribution is 5.37. The lowest BCUT2D eigenvalue weighted by Gasteiger charge is -2.65. The molecule has 0 aliphatic heterocycles. The number of benzene rings is 1. The van der Waals surface area contributed by atoms with E-state index >= 15 is 0 Å². The lowest BCUT2D eigenvalue weighted by Crippen LogP contribution is -2.55. The summed E-state index contributed by atoms with van der Waals surface area (Å²) in [5, 5.41) is 0. The van der Waals surface area contributed by atoms with Gasteiger partial charge in [-0.25, -0.2) is 0 Å². The standard InChI is InChI=1S/C38H54/c1-2-32(34-20-26-38(27-21-34,28-22-34)36-14-8-30(9-15-36)10-16-36)4-3-31(1)33-17-23-37(24-18-33,25-19-33)35-11-5-29(6-12-35)7-13-35/h1-4,29-30H,5-28H2. The van der Waals surface area contributed by atoms with E-state index in [2.05, 4.69) is 24.3 Å². The molecule has 0 atom stereocenters. The maximum absolute atomic E-state index is 2.66. The fraction of sp³-hybridized carbons (Fsp3) is 0.842. The summed E-state index contributed by atoms with van der Waals surface area (Å²) in [6, 6.07) is 10.6. The highest BCUT2D eigenvalue weighted by atomic mass is 14.7. The van der Waals surface area contributed by atoms with Crippen LogP contribution in [0.4, 0.5) is 0 Å². The largest absolute Gasteiger partial charge is 0.0582 e. The van der Waals surface area contributed by atoms with Crippen LogP contribution in [0, 0.1) is 33.5 Å². The highest BCUT2D eigenvalue weighted by Gasteiger charge is 2.61. The average Bonchev–Trinajstić information content (AvgIpc) is 3.05. The van der Waals surface area contributed by atoms with Crippen LogP contribution in [0.3, 0.4) is 0 Å². The second kappa shape index (κ2) is 7.94. The van der Waals surface area contributed by atoms with Crippen molar-refractivity contribution in [2.45, 2.75) is 165 Å². The van der Waals surface area contributed by atoms with Crippen molar-refractivity contribution in [3.8, 4) is 0 Å². The summed E-state index contributed by atoms with van der Waals surface area (Å²) >= 11 is 0. The van der Waals surface area contributed by atoms with Crippen LogP contribution in [0.25, 0.3) is 0 Å². The van der Waals surface area contributed by atoms with Crippen LogP contribution in [0.1, 0.15) is 165 Å². The van der Waals surface area contributed by atoms with Gasteiger partial charge in [-0.3, -0.25) is 0 Å². The van der Waals surface area contributed by atoms with Crippen LogP contribution in [-0.2, 0) is 10.8 Å². The molecule has 206 valence electrons. The minimum atomic E-state index is 0.522. The summed E-state index contributed by atoms with van der Waals surface area (Å²) in [4.78, 5) is 0. The molecule has 8 bridgehead atoms. The summed E-state index contributed by atoms with van der Waals surface area (Å²) < 4.78 is 0. The monoisotopic (exact) mass is 510 g/mol. The van der Waals surface area contributed by atoms with Crippen molar-refractivity contribution < 1.29 is 0 Å². The van der Waals surface area contributed by atoms with Gasteiger partial charge in [-0.2, -0.15) is 0 Å². The summed E-state index contributed by atoms with van der Waals surface area (Å²) in [6.45, 7) is 0. The predicted molar refractivity (Wildman–Crippen MR) is 157 cm³/mol. The third-order valence-electron chi connectivity index (χ3n) is 17.0. The Hall–Kier alpha value is -0.780. The zero-order valence-corrected chi connectivity index (χ0v) is 24.4. The highest BCUT2D eigenvalue weighted by Crippen LogP contribution is 2.72. The van der Waals surface area contributed by atoms with E-state index in [-0.39, 0.29) is 0 Å². The maximum Gasteiger partial charge on any atom is -0.00463 e.